The highest BCUT2D eigenvalue weighted by molar-refractivity contribution is 14.3. The van der Waals surface area contributed by atoms with Crippen molar-refractivity contribution in [1.29, 1.82) is 0 Å². The number of ether oxygens (including phenoxy) is 1. The number of piperidine rings is 1. The molecule has 1 saturated heterocycles. The van der Waals surface area contributed by atoms with Gasteiger partial charge in [-0.1, -0.05) is 6.07 Å². The number of alkyl halides is 5. The quantitative estimate of drug-likeness (QED) is 0.203. The predicted molar refractivity (Wildman–Crippen MR) is 185 cm³/mol. The first-order chi connectivity index (χ1) is 16.8. The molecule has 1 aromatic heterocycles. The molecule has 7 nitrogen and oxygen atoms in total. The fourth-order valence-electron chi connectivity index (χ4n) is 4.53. The van der Waals surface area contributed by atoms with Crippen LogP contribution in [0.5, 0.6) is 5.75 Å². The van der Waals surface area contributed by atoms with Gasteiger partial charge in [0.1, 0.15) is 5.75 Å². The van der Waals surface area contributed by atoms with Gasteiger partial charge >= 0.3 is 0 Å². The van der Waals surface area contributed by atoms with E-state index in [-0.39, 0.29) is 13.5 Å². The zero-order chi connectivity index (χ0) is 26.3. The zero-order valence-electron chi connectivity index (χ0n) is 20.0. The van der Waals surface area contributed by atoms with E-state index in [1.165, 1.54) is 0 Å². The van der Waals surface area contributed by atoms with Crippen molar-refractivity contribution in [1.82, 2.24) is 14.7 Å². The summed E-state index contributed by atoms with van der Waals surface area (Å²) in [4.78, 5) is 15.7. The van der Waals surface area contributed by atoms with Crippen LogP contribution >= 0.6 is 113 Å². The normalized spacial score (nSPS) is 19.5. The SMILES string of the molecule is CC(C)(O)[C@H]1CCCN(Cc2ccc(NC(=O)c3cn(C(I)(I)I)nc3C3CC3)cc2OC(I)I)C1. The summed E-state index contributed by atoms with van der Waals surface area (Å²) < 4.78 is 7.71. The summed E-state index contributed by atoms with van der Waals surface area (Å²) >= 11 is 11.4. The summed E-state index contributed by atoms with van der Waals surface area (Å²) in [5.74, 6) is 1.26. The van der Waals surface area contributed by atoms with Crippen LogP contribution in [0, 0.1) is 5.92 Å². The minimum Gasteiger partial charge on any atom is -0.470 e. The first-order valence-electron chi connectivity index (χ1n) is 11.8. The molecule has 12 heteroatoms. The molecule has 1 aliphatic carbocycles. The lowest BCUT2D eigenvalue weighted by atomic mass is 9.84. The van der Waals surface area contributed by atoms with E-state index in [2.05, 4.69) is 123 Å². The second-order valence-corrected chi connectivity index (χ2v) is 25.5. The van der Waals surface area contributed by atoms with Gasteiger partial charge < -0.3 is 15.2 Å². The molecule has 198 valence electrons. The molecule has 1 aliphatic heterocycles. The molecule has 36 heavy (non-hydrogen) atoms. The number of nitrogens with zero attached hydrogens (tertiary/aromatic N) is 3. The van der Waals surface area contributed by atoms with E-state index in [1.807, 2.05) is 42.9 Å². The molecule has 2 fully saturated rings. The molecule has 1 atom stereocenters. The van der Waals surface area contributed by atoms with Crippen molar-refractivity contribution >= 4 is 125 Å². The Kier molecular flexibility index (Phi) is 10.4. The Labute approximate surface area is 280 Å². The summed E-state index contributed by atoms with van der Waals surface area (Å²) in [7, 11) is 0. The van der Waals surface area contributed by atoms with Crippen LogP contribution in [0.2, 0.25) is 0 Å². The molecule has 2 N–H and O–H groups in total. The summed E-state index contributed by atoms with van der Waals surface area (Å²) in [6.45, 7) is 6.42. The lowest BCUT2D eigenvalue weighted by Crippen LogP contribution is -2.44. The molecule has 1 aromatic carbocycles. The van der Waals surface area contributed by atoms with Crippen LogP contribution < -0.4 is 10.1 Å². The van der Waals surface area contributed by atoms with E-state index in [4.69, 9.17) is 9.84 Å². The number of aromatic nitrogens is 2. The van der Waals surface area contributed by atoms with Crippen LogP contribution in [0.15, 0.2) is 24.4 Å². The van der Waals surface area contributed by atoms with Gasteiger partial charge in [-0.25, -0.2) is 4.68 Å². The highest BCUT2D eigenvalue weighted by atomic mass is 127. The van der Waals surface area contributed by atoms with Gasteiger partial charge in [0.2, 0.25) is -0.441 Å². The van der Waals surface area contributed by atoms with Crippen molar-refractivity contribution in [2.75, 3.05) is 18.4 Å². The Morgan fingerprint density at radius 1 is 1.25 bits per heavy atom. The third kappa shape index (κ3) is 8.15. The minimum atomic E-state index is -0.680. The standard InChI is InChI=1S/C24H29I5N4O3/c1-23(2,35)16-4-3-9-32(12-16)11-15-7-8-17(10-19(15)36-22(25)26)30-21(34)18-13-33(24(27,28)29)31-20(18)14-5-6-14/h7-8,10,13-14,16,22,35H,3-6,9,11-12H2,1-2H3,(H,30,34)/t16-/m0/s1. The van der Waals surface area contributed by atoms with E-state index in [1.54, 1.807) is 0 Å². The monoisotopic (exact) mass is 1060 g/mol. The van der Waals surface area contributed by atoms with Crippen LogP contribution in [0.25, 0.3) is 0 Å². The van der Waals surface area contributed by atoms with Crippen LogP contribution in [-0.2, 0) is 6.10 Å². The van der Waals surface area contributed by atoms with Crippen molar-refractivity contribution < 1.29 is 14.6 Å². The van der Waals surface area contributed by atoms with Gasteiger partial charge in [0.25, 0.3) is 5.91 Å². The van der Waals surface area contributed by atoms with Crippen molar-refractivity contribution in [3.63, 3.8) is 0 Å². The maximum atomic E-state index is 13.3. The predicted octanol–water partition coefficient (Wildman–Crippen LogP) is 7.40. The number of rotatable bonds is 9. The van der Waals surface area contributed by atoms with Crippen LogP contribution in [0.1, 0.15) is 67.1 Å². The molecular formula is C24H29I5N4O3. The molecule has 0 bridgehead atoms. The Morgan fingerprint density at radius 2 is 1.97 bits per heavy atom. The number of hydrogen-bond donors (Lipinski definition) is 2. The number of nitrogens with one attached hydrogen (secondary N) is 1. The fourth-order valence-corrected chi connectivity index (χ4v) is 5.82. The number of anilines is 1. The number of carbonyl (C=O) groups is 1. The van der Waals surface area contributed by atoms with Crippen molar-refractivity contribution in [2.45, 2.75) is 59.3 Å². The second-order valence-electron chi connectivity index (χ2n) is 10.00. The average molecular weight is 1060 g/mol. The van der Waals surface area contributed by atoms with E-state index >= 15 is 0 Å². The maximum Gasteiger partial charge on any atom is 0.259 e. The molecule has 2 aliphatic rings. The van der Waals surface area contributed by atoms with Crippen LogP contribution in [0.4, 0.5) is 5.69 Å². The van der Waals surface area contributed by atoms with Gasteiger partial charge in [-0.2, -0.15) is 5.10 Å². The Morgan fingerprint density at radius 3 is 2.58 bits per heavy atom. The molecule has 0 spiro atoms. The zero-order valence-corrected chi connectivity index (χ0v) is 30.8. The largest absolute Gasteiger partial charge is 0.470 e. The number of aliphatic hydroxyl groups is 1. The van der Waals surface area contributed by atoms with Gasteiger partial charge in [-0.15, -0.1) is 0 Å². The lowest BCUT2D eigenvalue weighted by Gasteiger charge is -2.39. The van der Waals surface area contributed by atoms with Gasteiger partial charge in [-0.05, 0) is 171 Å². The summed E-state index contributed by atoms with van der Waals surface area (Å²) in [6.07, 6.45) is 6.15. The van der Waals surface area contributed by atoms with E-state index in [0.717, 1.165) is 62.3 Å². The van der Waals surface area contributed by atoms with Crippen molar-refractivity contribution in [2.24, 2.45) is 5.92 Å². The number of amides is 1. The van der Waals surface area contributed by atoms with E-state index in [9.17, 15) is 9.90 Å². The number of carbonyl (C=O) groups excluding carboxylic acids is 1. The number of benzene rings is 1. The molecule has 0 radical (unpaired) electrons. The first kappa shape index (κ1) is 30.2. The molecule has 0 unspecified atom stereocenters. The average Bonchev–Trinajstić information content (AvgIpc) is 3.51. The van der Waals surface area contributed by atoms with Crippen molar-refractivity contribution in [3.05, 3.63) is 41.2 Å². The van der Waals surface area contributed by atoms with E-state index in [0.29, 0.717) is 17.2 Å². The highest BCUT2D eigenvalue weighted by Gasteiger charge is 2.35. The first-order valence-corrected chi connectivity index (χ1v) is 17.5. The van der Waals surface area contributed by atoms with Crippen molar-refractivity contribution in [3.8, 4) is 5.75 Å². The third-order valence-electron chi connectivity index (χ3n) is 6.65. The molecule has 1 saturated carbocycles. The highest BCUT2D eigenvalue weighted by Crippen LogP contribution is 2.45. The third-order valence-corrected chi connectivity index (χ3v) is 8.64. The fraction of sp³-hybridized carbons (Fsp3) is 0.583. The molecular weight excluding hydrogens is 1030 g/mol. The number of hydrogen-bond acceptors (Lipinski definition) is 5. The summed E-state index contributed by atoms with van der Waals surface area (Å²) in [5.41, 5.74) is 2.64. The molecule has 4 rings (SSSR count). The van der Waals surface area contributed by atoms with Gasteiger partial charge in [-0.3, -0.25) is 9.69 Å². The second kappa shape index (κ2) is 12.4. The van der Waals surface area contributed by atoms with Gasteiger partial charge in [0.15, 0.2) is 2.12 Å². The van der Waals surface area contributed by atoms with Gasteiger partial charge in [0, 0.05) is 42.5 Å². The molecule has 1 amide bonds. The van der Waals surface area contributed by atoms with Crippen LogP contribution in [0.3, 0.4) is 0 Å². The number of halogens is 5. The molecule has 2 aromatic rings. The maximum absolute atomic E-state index is 13.3. The Hall–Kier alpha value is 1.27. The Bertz CT molecular complexity index is 1090. The minimum absolute atomic E-state index is 0.0424. The smallest absolute Gasteiger partial charge is 0.259 e. The Balaban J connectivity index is 1.53. The summed E-state index contributed by atoms with van der Waals surface area (Å²) in [6, 6.07) is 5.92. The van der Waals surface area contributed by atoms with E-state index < -0.39 is 5.60 Å². The van der Waals surface area contributed by atoms with Crippen LogP contribution in [-0.4, -0.2) is 46.5 Å². The topological polar surface area (TPSA) is 79.6 Å². The lowest BCUT2D eigenvalue weighted by molar-refractivity contribution is -0.0198. The van der Waals surface area contributed by atoms with Gasteiger partial charge in [0.05, 0.1) is 16.9 Å². The number of likely N-dealkylation sites (tertiary alicyclic amines) is 1. The summed E-state index contributed by atoms with van der Waals surface area (Å²) in [5, 5.41) is 18.4. The molecule has 2 heterocycles.